The van der Waals surface area contributed by atoms with E-state index in [1.54, 1.807) is 44.6 Å². The molecule has 0 saturated heterocycles. The number of benzene rings is 2. The minimum Gasteiger partial charge on any atom is -0.872 e. The molecule has 6 nitrogen and oxygen atoms in total. The second kappa shape index (κ2) is 9.67. The van der Waals surface area contributed by atoms with Crippen molar-refractivity contribution in [2.75, 3.05) is 27.3 Å². The number of nitrogens with one attached hydrogen (secondary N) is 1. The van der Waals surface area contributed by atoms with Crippen LogP contribution in [0.15, 0.2) is 36.1 Å². The van der Waals surface area contributed by atoms with E-state index in [0.29, 0.717) is 40.5 Å². The van der Waals surface area contributed by atoms with Crippen molar-refractivity contribution in [3.8, 4) is 23.0 Å². The molecule has 2 aromatic carbocycles. The second-order valence-electron chi connectivity index (χ2n) is 7.39. The van der Waals surface area contributed by atoms with Crippen LogP contribution in [0.4, 0.5) is 0 Å². The Morgan fingerprint density at radius 3 is 2.43 bits per heavy atom. The van der Waals surface area contributed by atoms with Gasteiger partial charge < -0.3 is 24.2 Å². The molecular weight excluding hydrogens is 382 g/mol. The van der Waals surface area contributed by atoms with Gasteiger partial charge in [0.15, 0.2) is 5.76 Å². The molecule has 0 spiro atoms. The van der Waals surface area contributed by atoms with Crippen LogP contribution >= 0.6 is 0 Å². The fourth-order valence-corrected chi connectivity index (χ4v) is 3.79. The molecule has 1 aliphatic rings. The summed E-state index contributed by atoms with van der Waals surface area (Å²) in [4.78, 5) is 14.3. The summed E-state index contributed by atoms with van der Waals surface area (Å²) < 4.78 is 16.6. The lowest BCUT2D eigenvalue weighted by Gasteiger charge is -2.23. The molecule has 0 aliphatic carbocycles. The Labute approximate surface area is 177 Å². The van der Waals surface area contributed by atoms with Crippen molar-refractivity contribution in [3.05, 3.63) is 52.8 Å². The van der Waals surface area contributed by atoms with Crippen LogP contribution in [0, 0.1) is 0 Å². The zero-order chi connectivity index (χ0) is 21.7. The van der Waals surface area contributed by atoms with Gasteiger partial charge in [0, 0.05) is 17.2 Å². The standard InChI is InChI=1S/C24H29NO5/c1-5-11-25(12-6-2)15-19-20(26)10-9-18-23(27)22(30-24(18)19)13-16-7-8-17(28-3)14-21(16)29-4/h7-10,13-14,26H,5-6,11-12,15H2,1-4H3/b22-13-. The van der Waals surface area contributed by atoms with E-state index in [4.69, 9.17) is 14.2 Å². The number of Topliss-reactive ketones (excluding diaryl/α,β-unsaturated/α-hetero) is 1. The average Bonchev–Trinajstić information content (AvgIpc) is 3.06. The van der Waals surface area contributed by atoms with Gasteiger partial charge in [0.2, 0.25) is 5.78 Å². The van der Waals surface area contributed by atoms with Crippen molar-refractivity contribution in [3.63, 3.8) is 0 Å². The summed E-state index contributed by atoms with van der Waals surface area (Å²) in [5.41, 5.74) is 1.71. The predicted octanol–water partition coefficient (Wildman–Crippen LogP) is 2.60. The van der Waals surface area contributed by atoms with Crippen LogP contribution in [0.2, 0.25) is 0 Å². The van der Waals surface area contributed by atoms with Gasteiger partial charge in [-0.15, -0.1) is 0 Å². The molecular formula is C24H29NO5. The molecule has 0 amide bonds. The van der Waals surface area contributed by atoms with Crippen molar-refractivity contribution < 1.29 is 29.0 Å². The maximum absolute atomic E-state index is 13.0. The van der Waals surface area contributed by atoms with Gasteiger partial charge in [-0.2, -0.15) is 0 Å². The quantitative estimate of drug-likeness (QED) is 0.642. The maximum Gasteiger partial charge on any atom is 0.231 e. The van der Waals surface area contributed by atoms with Crippen molar-refractivity contribution >= 4 is 11.9 Å². The van der Waals surface area contributed by atoms with E-state index in [0.717, 1.165) is 25.9 Å². The molecule has 1 aliphatic heterocycles. The normalized spacial score (nSPS) is 14.2. The highest BCUT2D eigenvalue weighted by Gasteiger charge is 2.31. The summed E-state index contributed by atoms with van der Waals surface area (Å²) in [6.45, 7) is 6.75. The number of hydrogen-bond acceptors (Lipinski definition) is 5. The van der Waals surface area contributed by atoms with Crippen LogP contribution in [-0.4, -0.2) is 33.1 Å². The van der Waals surface area contributed by atoms with E-state index in [9.17, 15) is 9.90 Å². The number of hydrogen-bond donors (Lipinski definition) is 1. The van der Waals surface area contributed by atoms with Gasteiger partial charge in [-0.25, -0.2) is 0 Å². The molecule has 0 radical (unpaired) electrons. The third-order valence-electron chi connectivity index (χ3n) is 5.26. The number of rotatable bonds is 9. The Kier molecular flexibility index (Phi) is 7.00. The summed E-state index contributed by atoms with van der Waals surface area (Å²) in [6, 6.07) is 8.38. The monoisotopic (exact) mass is 411 g/mol. The van der Waals surface area contributed by atoms with Gasteiger partial charge in [0.25, 0.3) is 0 Å². The molecule has 0 saturated carbocycles. The Morgan fingerprint density at radius 1 is 1.07 bits per heavy atom. The van der Waals surface area contributed by atoms with Crippen molar-refractivity contribution in [1.29, 1.82) is 0 Å². The molecule has 1 N–H and O–H groups in total. The lowest BCUT2D eigenvalue weighted by atomic mass is 10.0. The number of carbonyl (C=O) groups excluding carboxylic acids is 1. The summed E-state index contributed by atoms with van der Waals surface area (Å²) in [5, 5.41) is 12.6. The molecule has 1 heterocycles. The Balaban J connectivity index is 1.95. The zero-order valence-corrected chi connectivity index (χ0v) is 18.0. The zero-order valence-electron chi connectivity index (χ0n) is 18.0. The van der Waals surface area contributed by atoms with Crippen LogP contribution in [0.1, 0.15) is 48.2 Å². The molecule has 0 bridgehead atoms. The number of ether oxygens (including phenoxy) is 3. The molecule has 0 unspecified atom stereocenters. The van der Waals surface area contributed by atoms with Crippen LogP contribution in [0.25, 0.3) is 6.08 Å². The molecule has 3 rings (SSSR count). The van der Waals surface area contributed by atoms with Crippen molar-refractivity contribution in [1.82, 2.24) is 0 Å². The predicted molar refractivity (Wildman–Crippen MR) is 113 cm³/mol. The summed E-state index contributed by atoms with van der Waals surface area (Å²) in [7, 11) is 3.14. The van der Waals surface area contributed by atoms with Crippen LogP contribution in [0.5, 0.6) is 23.0 Å². The molecule has 2 aromatic rings. The van der Waals surface area contributed by atoms with Gasteiger partial charge in [0.1, 0.15) is 23.8 Å². The Hall–Kier alpha value is -2.99. The Bertz CT molecular complexity index is 945. The molecule has 30 heavy (non-hydrogen) atoms. The lowest BCUT2D eigenvalue weighted by molar-refractivity contribution is -0.914. The van der Waals surface area contributed by atoms with Crippen molar-refractivity contribution in [2.45, 2.75) is 33.2 Å². The average molecular weight is 411 g/mol. The number of quaternary nitrogens is 1. The minimum atomic E-state index is -0.225. The lowest BCUT2D eigenvalue weighted by Crippen LogP contribution is -3.10. The van der Waals surface area contributed by atoms with Gasteiger partial charge in [-0.3, -0.25) is 4.79 Å². The third kappa shape index (κ3) is 4.44. The molecule has 160 valence electrons. The fourth-order valence-electron chi connectivity index (χ4n) is 3.79. The first-order valence-corrected chi connectivity index (χ1v) is 10.3. The molecule has 6 heteroatoms. The van der Waals surface area contributed by atoms with E-state index < -0.39 is 0 Å². The highest BCUT2D eigenvalue weighted by molar-refractivity contribution is 6.15. The van der Waals surface area contributed by atoms with E-state index in [-0.39, 0.29) is 17.3 Å². The summed E-state index contributed by atoms with van der Waals surface area (Å²) in [5.74, 6) is 1.50. The molecule has 0 fully saturated rings. The van der Waals surface area contributed by atoms with E-state index in [1.807, 2.05) is 0 Å². The van der Waals surface area contributed by atoms with Crippen LogP contribution in [0.3, 0.4) is 0 Å². The topological polar surface area (TPSA) is 72.3 Å². The van der Waals surface area contributed by atoms with Crippen LogP contribution in [-0.2, 0) is 6.54 Å². The number of fused-ring (bicyclic) bond motifs is 1. The first-order valence-electron chi connectivity index (χ1n) is 10.3. The summed E-state index contributed by atoms with van der Waals surface area (Å²) in [6.07, 6.45) is 3.71. The molecule has 0 atom stereocenters. The first-order chi connectivity index (χ1) is 14.5. The number of ketones is 1. The SMILES string of the molecule is CCC[NH+](CCC)Cc1c([O-])ccc2c1O/C(=C\c1ccc(OC)cc1OC)C2=O. The number of allylic oxidation sites excluding steroid dienone is 1. The highest BCUT2D eigenvalue weighted by atomic mass is 16.5. The van der Waals surface area contributed by atoms with Gasteiger partial charge in [0.05, 0.1) is 32.9 Å². The minimum absolute atomic E-state index is 0.0884. The first kappa shape index (κ1) is 21.7. The fraction of sp³-hybridized carbons (Fsp3) is 0.375. The largest absolute Gasteiger partial charge is 0.872 e. The van der Waals surface area contributed by atoms with E-state index in [2.05, 4.69) is 13.8 Å². The second-order valence-corrected chi connectivity index (χ2v) is 7.39. The van der Waals surface area contributed by atoms with E-state index >= 15 is 0 Å². The van der Waals surface area contributed by atoms with Gasteiger partial charge in [-0.1, -0.05) is 25.7 Å². The maximum atomic E-state index is 13.0. The van der Waals surface area contributed by atoms with Crippen LogP contribution < -0.4 is 24.2 Å². The summed E-state index contributed by atoms with van der Waals surface area (Å²) >= 11 is 0. The van der Waals surface area contributed by atoms with Gasteiger partial charge in [-0.05, 0) is 37.1 Å². The number of methoxy groups -OCH3 is 2. The highest BCUT2D eigenvalue weighted by Crippen LogP contribution is 2.39. The number of carbonyl (C=O) groups is 1. The smallest absolute Gasteiger partial charge is 0.231 e. The van der Waals surface area contributed by atoms with Crippen molar-refractivity contribution in [2.24, 2.45) is 0 Å². The Morgan fingerprint density at radius 2 is 1.80 bits per heavy atom. The third-order valence-corrected chi connectivity index (χ3v) is 5.26. The van der Waals surface area contributed by atoms with E-state index in [1.165, 1.54) is 11.0 Å². The molecule has 0 aromatic heterocycles. The van der Waals surface area contributed by atoms with Gasteiger partial charge >= 0.3 is 0 Å².